The molecular formula is C28H26N2O4S. The number of amides is 1. The van der Waals surface area contributed by atoms with Gasteiger partial charge in [-0.05, 0) is 60.0 Å². The molecule has 0 bridgehead atoms. The summed E-state index contributed by atoms with van der Waals surface area (Å²) in [6.07, 6.45) is 0.707. The third-order valence-corrected chi connectivity index (χ3v) is 7.30. The van der Waals surface area contributed by atoms with Crippen LogP contribution in [0.3, 0.4) is 0 Å². The summed E-state index contributed by atoms with van der Waals surface area (Å²) in [7, 11) is -2.17. The second-order valence-electron chi connectivity index (χ2n) is 7.94. The van der Waals surface area contributed by atoms with E-state index in [0.29, 0.717) is 17.9 Å². The van der Waals surface area contributed by atoms with E-state index in [0.717, 1.165) is 16.8 Å². The van der Waals surface area contributed by atoms with Crippen molar-refractivity contribution >= 4 is 27.3 Å². The number of sulfonamides is 1. The summed E-state index contributed by atoms with van der Waals surface area (Å²) in [6, 6.07) is 32.5. The van der Waals surface area contributed by atoms with Crippen molar-refractivity contribution in [3.05, 3.63) is 120 Å². The highest BCUT2D eigenvalue weighted by atomic mass is 32.2. The smallest absolute Gasteiger partial charge is 0.264 e. The second kappa shape index (κ2) is 10.9. The van der Waals surface area contributed by atoms with Crippen molar-refractivity contribution in [1.29, 1.82) is 0 Å². The van der Waals surface area contributed by atoms with Gasteiger partial charge in [-0.15, -0.1) is 0 Å². The fourth-order valence-corrected chi connectivity index (χ4v) is 4.81. The first kappa shape index (κ1) is 24.0. The van der Waals surface area contributed by atoms with E-state index in [-0.39, 0.29) is 17.4 Å². The Bertz CT molecular complexity index is 1370. The average molecular weight is 487 g/mol. The lowest BCUT2D eigenvalue weighted by Gasteiger charge is -2.19. The molecule has 0 saturated heterocycles. The highest BCUT2D eigenvalue weighted by molar-refractivity contribution is 7.92. The molecule has 35 heavy (non-hydrogen) atoms. The van der Waals surface area contributed by atoms with Crippen LogP contribution in [0.1, 0.15) is 11.1 Å². The highest BCUT2D eigenvalue weighted by Gasteiger charge is 2.20. The lowest BCUT2D eigenvalue weighted by Crippen LogP contribution is -2.26. The van der Waals surface area contributed by atoms with Crippen LogP contribution in [0.5, 0.6) is 5.75 Å². The zero-order valence-electron chi connectivity index (χ0n) is 19.3. The molecule has 0 saturated carbocycles. The number of carbonyl (C=O) groups is 1. The van der Waals surface area contributed by atoms with Crippen LogP contribution in [0.2, 0.25) is 0 Å². The van der Waals surface area contributed by atoms with E-state index in [1.807, 2.05) is 54.6 Å². The molecule has 0 unspecified atom stereocenters. The molecule has 6 nitrogen and oxygen atoms in total. The number of rotatable bonds is 9. The first-order valence-electron chi connectivity index (χ1n) is 11.1. The summed E-state index contributed by atoms with van der Waals surface area (Å²) in [4.78, 5) is 12.7. The lowest BCUT2D eigenvalue weighted by molar-refractivity contribution is -0.118. The van der Waals surface area contributed by atoms with Crippen molar-refractivity contribution in [3.8, 4) is 5.75 Å². The van der Waals surface area contributed by atoms with Gasteiger partial charge in [0.1, 0.15) is 5.75 Å². The third kappa shape index (κ3) is 6.07. The molecule has 1 N–H and O–H groups in total. The van der Waals surface area contributed by atoms with Crippen LogP contribution in [0.25, 0.3) is 0 Å². The average Bonchev–Trinajstić information content (AvgIpc) is 2.89. The summed E-state index contributed by atoms with van der Waals surface area (Å²) < 4.78 is 32.4. The largest absolute Gasteiger partial charge is 0.484 e. The van der Waals surface area contributed by atoms with Crippen LogP contribution < -0.4 is 14.4 Å². The van der Waals surface area contributed by atoms with Gasteiger partial charge < -0.3 is 10.1 Å². The summed E-state index contributed by atoms with van der Waals surface area (Å²) >= 11 is 0. The predicted molar refractivity (Wildman–Crippen MR) is 138 cm³/mol. The zero-order chi connectivity index (χ0) is 24.7. The fourth-order valence-electron chi connectivity index (χ4n) is 3.59. The highest BCUT2D eigenvalue weighted by Crippen LogP contribution is 2.24. The first-order valence-corrected chi connectivity index (χ1v) is 12.6. The maximum Gasteiger partial charge on any atom is 0.264 e. The summed E-state index contributed by atoms with van der Waals surface area (Å²) in [5, 5.41) is 2.92. The minimum Gasteiger partial charge on any atom is -0.484 e. The SMILES string of the molecule is CN(c1ccc(OCC(=O)Nc2ccccc2Cc2ccccc2)cc1)S(=O)(=O)c1ccccc1. The minimum atomic E-state index is -3.66. The maximum atomic E-state index is 12.8. The van der Waals surface area contributed by atoms with E-state index >= 15 is 0 Å². The quantitative estimate of drug-likeness (QED) is 0.356. The van der Waals surface area contributed by atoms with Crippen LogP contribution in [0, 0.1) is 0 Å². The van der Waals surface area contributed by atoms with E-state index in [9.17, 15) is 13.2 Å². The van der Waals surface area contributed by atoms with Gasteiger partial charge in [0.05, 0.1) is 10.6 Å². The number of para-hydroxylation sites is 1. The number of hydrogen-bond donors (Lipinski definition) is 1. The molecule has 0 aromatic heterocycles. The number of nitrogens with one attached hydrogen (secondary N) is 1. The number of benzene rings is 4. The number of nitrogens with zero attached hydrogens (tertiary/aromatic N) is 1. The Morgan fingerprint density at radius 1 is 0.800 bits per heavy atom. The van der Waals surface area contributed by atoms with E-state index in [4.69, 9.17) is 4.74 Å². The van der Waals surface area contributed by atoms with Crippen molar-refractivity contribution < 1.29 is 17.9 Å². The summed E-state index contributed by atoms with van der Waals surface area (Å²) in [5.41, 5.74) is 3.40. The Labute approximate surface area is 205 Å². The van der Waals surface area contributed by atoms with Crippen molar-refractivity contribution in [2.75, 3.05) is 23.3 Å². The second-order valence-corrected chi connectivity index (χ2v) is 9.91. The maximum absolute atomic E-state index is 12.8. The molecule has 4 aromatic carbocycles. The number of hydrogen-bond acceptors (Lipinski definition) is 4. The van der Waals surface area contributed by atoms with E-state index in [1.54, 1.807) is 54.6 Å². The Kier molecular flexibility index (Phi) is 7.48. The minimum absolute atomic E-state index is 0.169. The summed E-state index contributed by atoms with van der Waals surface area (Å²) in [5.74, 6) is 0.186. The normalized spacial score (nSPS) is 11.0. The van der Waals surface area contributed by atoms with Gasteiger partial charge in [-0.3, -0.25) is 9.10 Å². The molecule has 178 valence electrons. The van der Waals surface area contributed by atoms with Crippen molar-refractivity contribution in [3.63, 3.8) is 0 Å². The molecule has 1 amide bonds. The van der Waals surface area contributed by atoms with Gasteiger partial charge in [-0.2, -0.15) is 0 Å². The van der Waals surface area contributed by atoms with Crippen LogP contribution >= 0.6 is 0 Å². The Morgan fingerprint density at radius 3 is 2.09 bits per heavy atom. The molecule has 0 aliphatic heterocycles. The Morgan fingerprint density at radius 2 is 1.40 bits per heavy atom. The predicted octanol–water partition coefficient (Wildman–Crippen LogP) is 5.12. The molecule has 0 aliphatic rings. The van der Waals surface area contributed by atoms with Crippen LogP contribution in [-0.4, -0.2) is 28.0 Å². The topological polar surface area (TPSA) is 75.7 Å². The number of carbonyl (C=O) groups excluding carboxylic acids is 1. The fraction of sp³-hybridized carbons (Fsp3) is 0.107. The Hall–Kier alpha value is -4.10. The lowest BCUT2D eigenvalue weighted by atomic mass is 10.0. The molecule has 0 heterocycles. The van der Waals surface area contributed by atoms with Gasteiger partial charge in [-0.25, -0.2) is 8.42 Å². The van der Waals surface area contributed by atoms with E-state index in [2.05, 4.69) is 5.32 Å². The Balaban J connectivity index is 1.36. The van der Waals surface area contributed by atoms with Gasteiger partial charge in [0.15, 0.2) is 6.61 Å². The third-order valence-electron chi connectivity index (χ3n) is 5.50. The molecular weight excluding hydrogens is 460 g/mol. The van der Waals surface area contributed by atoms with Crippen molar-refractivity contribution in [1.82, 2.24) is 0 Å². The van der Waals surface area contributed by atoms with Gasteiger partial charge in [0, 0.05) is 12.7 Å². The first-order chi connectivity index (χ1) is 16.9. The van der Waals surface area contributed by atoms with Gasteiger partial charge >= 0.3 is 0 Å². The van der Waals surface area contributed by atoms with E-state index < -0.39 is 10.0 Å². The van der Waals surface area contributed by atoms with Crippen LogP contribution in [0.4, 0.5) is 11.4 Å². The van der Waals surface area contributed by atoms with E-state index in [1.165, 1.54) is 11.4 Å². The molecule has 4 aromatic rings. The molecule has 4 rings (SSSR count). The van der Waals surface area contributed by atoms with Gasteiger partial charge in [0.2, 0.25) is 0 Å². The monoisotopic (exact) mass is 486 g/mol. The van der Waals surface area contributed by atoms with Crippen molar-refractivity contribution in [2.24, 2.45) is 0 Å². The standard InChI is InChI=1S/C28H26N2O4S/c1-30(35(32,33)26-13-6-3-7-14-26)24-16-18-25(19-17-24)34-21-28(31)29-27-15-9-8-12-23(27)20-22-10-4-2-5-11-22/h2-19H,20-21H2,1H3,(H,29,31). The summed E-state index contributed by atoms with van der Waals surface area (Å²) in [6.45, 7) is -0.169. The number of ether oxygens (including phenoxy) is 1. The van der Waals surface area contributed by atoms with Crippen LogP contribution in [0.15, 0.2) is 114 Å². The molecule has 0 radical (unpaired) electrons. The van der Waals surface area contributed by atoms with Gasteiger partial charge in [-0.1, -0.05) is 66.7 Å². The molecule has 7 heteroatoms. The zero-order valence-corrected chi connectivity index (χ0v) is 20.1. The number of anilines is 2. The molecule has 0 aliphatic carbocycles. The molecule has 0 fully saturated rings. The van der Waals surface area contributed by atoms with Gasteiger partial charge in [0.25, 0.3) is 15.9 Å². The van der Waals surface area contributed by atoms with Crippen molar-refractivity contribution in [2.45, 2.75) is 11.3 Å². The molecule has 0 atom stereocenters. The van der Waals surface area contributed by atoms with Crippen LogP contribution in [-0.2, 0) is 21.2 Å². The molecule has 0 spiro atoms.